The van der Waals surface area contributed by atoms with Gasteiger partial charge in [-0.25, -0.2) is 0 Å². The molecular weight excluding hydrogens is 338 g/mol. The minimum atomic E-state index is -0.0550. The van der Waals surface area contributed by atoms with Crippen LogP contribution in [0.3, 0.4) is 0 Å². The molecule has 1 N–H and O–H groups in total. The van der Waals surface area contributed by atoms with E-state index in [0.29, 0.717) is 36.2 Å². The number of halogens is 1. The van der Waals surface area contributed by atoms with Crippen molar-refractivity contribution in [3.63, 3.8) is 0 Å². The molecule has 0 aliphatic heterocycles. The van der Waals surface area contributed by atoms with Crippen LogP contribution in [0.1, 0.15) is 17.0 Å². The zero-order chi connectivity index (χ0) is 17.6. The molecule has 0 unspecified atom stereocenters. The van der Waals surface area contributed by atoms with Crippen molar-refractivity contribution in [1.29, 1.82) is 0 Å². The van der Waals surface area contributed by atoms with Gasteiger partial charge in [0.15, 0.2) is 0 Å². The first-order valence-corrected chi connectivity index (χ1v) is 8.38. The van der Waals surface area contributed by atoms with E-state index >= 15 is 0 Å². The highest BCUT2D eigenvalue weighted by Gasteiger charge is 2.09. The smallest absolute Gasteiger partial charge is 0.247 e. The average Bonchev–Trinajstić information content (AvgIpc) is 3.06. The Morgan fingerprint density at radius 2 is 1.80 bits per heavy atom. The molecule has 1 amide bonds. The standard InChI is InChI=1S/C19H18ClN3O2/c1-13-2-6-15(7-3-13)19-23-22-18(25-19)10-11-21-17(24)12-14-4-8-16(20)9-5-14/h2-9H,10-12H2,1H3,(H,21,24). The Morgan fingerprint density at radius 1 is 1.08 bits per heavy atom. The number of amides is 1. The van der Waals surface area contributed by atoms with E-state index < -0.39 is 0 Å². The molecule has 2 aromatic carbocycles. The number of nitrogens with zero attached hydrogens (tertiary/aromatic N) is 2. The highest BCUT2D eigenvalue weighted by atomic mass is 35.5. The molecule has 128 valence electrons. The molecular formula is C19H18ClN3O2. The van der Waals surface area contributed by atoms with Crippen molar-refractivity contribution in [3.05, 3.63) is 70.6 Å². The molecule has 1 heterocycles. The van der Waals surface area contributed by atoms with Crippen molar-refractivity contribution in [3.8, 4) is 11.5 Å². The van der Waals surface area contributed by atoms with Crippen LogP contribution in [0.2, 0.25) is 5.02 Å². The maximum atomic E-state index is 11.9. The first kappa shape index (κ1) is 17.2. The quantitative estimate of drug-likeness (QED) is 0.733. The molecule has 25 heavy (non-hydrogen) atoms. The third-order valence-electron chi connectivity index (χ3n) is 3.70. The third kappa shape index (κ3) is 4.90. The Kier molecular flexibility index (Phi) is 5.46. The number of hydrogen-bond donors (Lipinski definition) is 1. The zero-order valence-electron chi connectivity index (χ0n) is 13.8. The highest BCUT2D eigenvalue weighted by Crippen LogP contribution is 2.18. The number of benzene rings is 2. The Morgan fingerprint density at radius 3 is 2.52 bits per heavy atom. The fourth-order valence-electron chi connectivity index (χ4n) is 2.33. The maximum absolute atomic E-state index is 11.9. The second kappa shape index (κ2) is 7.94. The Hall–Kier alpha value is -2.66. The third-order valence-corrected chi connectivity index (χ3v) is 3.96. The molecule has 0 fully saturated rings. The molecule has 0 radical (unpaired) electrons. The molecule has 5 nitrogen and oxygen atoms in total. The molecule has 0 bridgehead atoms. The van der Waals surface area contributed by atoms with E-state index in [0.717, 1.165) is 11.1 Å². The summed E-state index contributed by atoms with van der Waals surface area (Å²) in [5, 5.41) is 11.6. The summed E-state index contributed by atoms with van der Waals surface area (Å²) in [6.07, 6.45) is 0.806. The first-order chi connectivity index (χ1) is 12.1. The second-order valence-corrected chi connectivity index (χ2v) is 6.21. The predicted molar refractivity (Wildman–Crippen MR) is 96.3 cm³/mol. The summed E-state index contributed by atoms with van der Waals surface area (Å²) < 4.78 is 5.63. The van der Waals surface area contributed by atoms with Crippen molar-refractivity contribution in [2.45, 2.75) is 19.8 Å². The van der Waals surface area contributed by atoms with Crippen LogP contribution in [-0.2, 0) is 17.6 Å². The van der Waals surface area contributed by atoms with Crippen LogP contribution < -0.4 is 5.32 Å². The van der Waals surface area contributed by atoms with E-state index in [1.165, 1.54) is 5.56 Å². The number of rotatable bonds is 6. The summed E-state index contributed by atoms with van der Waals surface area (Å²) >= 11 is 5.83. The van der Waals surface area contributed by atoms with Crippen LogP contribution in [0.25, 0.3) is 11.5 Å². The highest BCUT2D eigenvalue weighted by molar-refractivity contribution is 6.30. The van der Waals surface area contributed by atoms with E-state index in [-0.39, 0.29) is 5.91 Å². The Balaban J connectivity index is 1.48. The minimum absolute atomic E-state index is 0.0550. The molecule has 0 saturated heterocycles. The minimum Gasteiger partial charge on any atom is -0.421 e. The van der Waals surface area contributed by atoms with Crippen molar-refractivity contribution in [2.75, 3.05) is 6.54 Å². The van der Waals surface area contributed by atoms with E-state index in [4.69, 9.17) is 16.0 Å². The van der Waals surface area contributed by atoms with Crippen molar-refractivity contribution < 1.29 is 9.21 Å². The lowest BCUT2D eigenvalue weighted by Gasteiger charge is -2.04. The largest absolute Gasteiger partial charge is 0.421 e. The Labute approximate surface area is 151 Å². The predicted octanol–water partition coefficient (Wildman–Crippen LogP) is 3.60. The SMILES string of the molecule is Cc1ccc(-c2nnc(CCNC(=O)Cc3ccc(Cl)cc3)o2)cc1. The molecule has 0 saturated carbocycles. The molecule has 6 heteroatoms. The second-order valence-electron chi connectivity index (χ2n) is 5.77. The Bertz CT molecular complexity index is 842. The molecule has 0 aliphatic rings. The number of carbonyl (C=O) groups excluding carboxylic acids is 1. The number of aromatic nitrogens is 2. The van der Waals surface area contributed by atoms with Crippen molar-refractivity contribution >= 4 is 17.5 Å². The molecule has 1 aromatic heterocycles. The number of aryl methyl sites for hydroxylation is 1. The zero-order valence-corrected chi connectivity index (χ0v) is 14.6. The average molecular weight is 356 g/mol. The topological polar surface area (TPSA) is 68.0 Å². The van der Waals surface area contributed by atoms with Crippen molar-refractivity contribution in [2.24, 2.45) is 0 Å². The monoisotopic (exact) mass is 355 g/mol. The van der Waals surface area contributed by atoms with Gasteiger partial charge in [-0.15, -0.1) is 10.2 Å². The summed E-state index contributed by atoms with van der Waals surface area (Å²) in [6, 6.07) is 15.1. The normalized spacial score (nSPS) is 10.6. The van der Waals surface area contributed by atoms with Gasteiger partial charge in [0.25, 0.3) is 0 Å². The molecule has 3 aromatic rings. The van der Waals surface area contributed by atoms with Gasteiger partial charge in [-0.3, -0.25) is 4.79 Å². The van der Waals surface area contributed by atoms with E-state index in [1.54, 1.807) is 12.1 Å². The molecule has 0 spiro atoms. The van der Waals surface area contributed by atoms with Crippen LogP contribution in [0.15, 0.2) is 52.9 Å². The summed E-state index contributed by atoms with van der Waals surface area (Å²) in [7, 11) is 0. The van der Waals surface area contributed by atoms with E-state index in [1.807, 2.05) is 43.3 Å². The van der Waals surface area contributed by atoms with Gasteiger partial charge in [-0.1, -0.05) is 41.4 Å². The lowest BCUT2D eigenvalue weighted by atomic mass is 10.1. The van der Waals surface area contributed by atoms with Gasteiger partial charge in [0.2, 0.25) is 17.7 Å². The van der Waals surface area contributed by atoms with Crippen LogP contribution in [0.4, 0.5) is 0 Å². The molecule has 3 rings (SSSR count). The fraction of sp³-hybridized carbons (Fsp3) is 0.211. The molecule has 0 atom stereocenters. The van der Waals surface area contributed by atoms with Gasteiger partial charge in [-0.2, -0.15) is 0 Å². The van der Waals surface area contributed by atoms with Crippen LogP contribution in [0.5, 0.6) is 0 Å². The summed E-state index contributed by atoms with van der Waals surface area (Å²) in [5.41, 5.74) is 2.98. The van der Waals surface area contributed by atoms with Gasteiger partial charge in [0.05, 0.1) is 6.42 Å². The van der Waals surface area contributed by atoms with Crippen molar-refractivity contribution in [1.82, 2.24) is 15.5 Å². The van der Waals surface area contributed by atoms with Gasteiger partial charge in [0, 0.05) is 23.6 Å². The van der Waals surface area contributed by atoms with Crippen LogP contribution in [0, 0.1) is 6.92 Å². The van der Waals surface area contributed by atoms with Crippen LogP contribution in [-0.4, -0.2) is 22.6 Å². The maximum Gasteiger partial charge on any atom is 0.247 e. The number of hydrogen-bond acceptors (Lipinski definition) is 4. The van der Waals surface area contributed by atoms with E-state index in [2.05, 4.69) is 15.5 Å². The molecule has 0 aliphatic carbocycles. The van der Waals surface area contributed by atoms with Gasteiger partial charge < -0.3 is 9.73 Å². The van der Waals surface area contributed by atoms with Gasteiger partial charge >= 0.3 is 0 Å². The van der Waals surface area contributed by atoms with E-state index in [9.17, 15) is 4.79 Å². The van der Waals surface area contributed by atoms with Crippen LogP contribution >= 0.6 is 11.6 Å². The first-order valence-electron chi connectivity index (χ1n) is 8.01. The lowest BCUT2D eigenvalue weighted by molar-refractivity contribution is -0.120. The summed E-state index contributed by atoms with van der Waals surface area (Å²) in [6.45, 7) is 2.47. The fourth-order valence-corrected chi connectivity index (χ4v) is 2.45. The number of nitrogens with one attached hydrogen (secondary N) is 1. The lowest BCUT2D eigenvalue weighted by Crippen LogP contribution is -2.27. The van der Waals surface area contributed by atoms with Gasteiger partial charge in [0.1, 0.15) is 0 Å². The summed E-state index contributed by atoms with van der Waals surface area (Å²) in [5.74, 6) is 0.936. The number of carbonyl (C=O) groups is 1. The van der Waals surface area contributed by atoms with Gasteiger partial charge in [-0.05, 0) is 36.8 Å². The summed E-state index contributed by atoms with van der Waals surface area (Å²) in [4.78, 5) is 11.9.